The van der Waals surface area contributed by atoms with E-state index in [1.165, 1.54) is 19.3 Å². The van der Waals surface area contributed by atoms with Crippen molar-refractivity contribution in [1.82, 2.24) is 5.32 Å². The van der Waals surface area contributed by atoms with Crippen molar-refractivity contribution >= 4 is 29.2 Å². The van der Waals surface area contributed by atoms with E-state index >= 15 is 0 Å². The maximum absolute atomic E-state index is 12.2. The van der Waals surface area contributed by atoms with Crippen LogP contribution in [0.15, 0.2) is 36.4 Å². The first-order valence-corrected chi connectivity index (χ1v) is 7.14. The van der Waals surface area contributed by atoms with Gasteiger partial charge in [0, 0.05) is 17.2 Å². The summed E-state index contributed by atoms with van der Waals surface area (Å²) >= 11 is 0. The molecule has 25 heavy (non-hydrogen) atoms. The molecule has 2 N–H and O–H groups in total. The summed E-state index contributed by atoms with van der Waals surface area (Å²) in [5.41, 5.74) is 0.652. The van der Waals surface area contributed by atoms with Gasteiger partial charge < -0.3 is 9.84 Å². The van der Waals surface area contributed by atoms with Crippen LogP contribution in [0.1, 0.15) is 21.5 Å². The number of fused-ring (bicyclic) bond motifs is 1. The Labute approximate surface area is 141 Å². The smallest absolute Gasteiger partial charge is 0.315 e. The molecule has 0 aromatic heterocycles. The highest BCUT2D eigenvalue weighted by atomic mass is 16.6. The Morgan fingerprint density at radius 3 is 2.48 bits per heavy atom. The molecule has 126 valence electrons. The van der Waals surface area contributed by atoms with Crippen molar-refractivity contribution in [2.75, 3.05) is 7.11 Å². The Morgan fingerprint density at radius 1 is 1.16 bits per heavy atom. The van der Waals surface area contributed by atoms with Gasteiger partial charge in [-0.15, -0.1) is 0 Å². The summed E-state index contributed by atoms with van der Waals surface area (Å²) in [4.78, 5) is 34.4. The Bertz CT molecular complexity index is 948. The first-order valence-electron chi connectivity index (χ1n) is 7.14. The van der Waals surface area contributed by atoms with Crippen molar-refractivity contribution in [3.63, 3.8) is 0 Å². The molecule has 0 radical (unpaired) electrons. The van der Waals surface area contributed by atoms with Crippen LogP contribution in [0.25, 0.3) is 11.6 Å². The van der Waals surface area contributed by atoms with E-state index in [0.717, 1.165) is 6.07 Å². The van der Waals surface area contributed by atoms with E-state index in [2.05, 4.69) is 5.32 Å². The SMILES string of the molecule is COc1cc(/C=C2/C(=O)NC(=O)c3ccccc32)cc([N+](=O)[O-])c1O. The number of phenols is 1. The number of nitrogens with zero attached hydrogens (tertiary/aromatic N) is 1. The number of carbonyl (C=O) groups excluding carboxylic acids is 2. The molecule has 1 heterocycles. The molecule has 3 rings (SSSR count). The number of carbonyl (C=O) groups is 2. The van der Waals surface area contributed by atoms with Crippen LogP contribution in [0.3, 0.4) is 0 Å². The van der Waals surface area contributed by atoms with Crippen molar-refractivity contribution in [3.05, 3.63) is 63.2 Å². The van der Waals surface area contributed by atoms with Gasteiger partial charge in [0.15, 0.2) is 5.75 Å². The number of rotatable bonds is 3. The van der Waals surface area contributed by atoms with Gasteiger partial charge >= 0.3 is 5.69 Å². The van der Waals surface area contributed by atoms with Crippen molar-refractivity contribution in [2.45, 2.75) is 0 Å². The van der Waals surface area contributed by atoms with Crippen molar-refractivity contribution in [1.29, 1.82) is 0 Å². The van der Waals surface area contributed by atoms with E-state index in [1.807, 2.05) is 0 Å². The number of nitro benzene ring substituents is 1. The zero-order valence-corrected chi connectivity index (χ0v) is 13.0. The second-order valence-electron chi connectivity index (χ2n) is 5.23. The fourth-order valence-corrected chi connectivity index (χ4v) is 2.58. The molecule has 0 aliphatic carbocycles. The highest BCUT2D eigenvalue weighted by molar-refractivity contribution is 6.33. The van der Waals surface area contributed by atoms with Crippen LogP contribution in [0.2, 0.25) is 0 Å². The molecule has 8 nitrogen and oxygen atoms in total. The fraction of sp³-hybridized carbons (Fsp3) is 0.0588. The van der Waals surface area contributed by atoms with E-state index < -0.39 is 28.2 Å². The Hall–Kier alpha value is -3.68. The third-order valence-electron chi connectivity index (χ3n) is 3.74. The quantitative estimate of drug-likeness (QED) is 0.382. The first kappa shape index (κ1) is 16.2. The minimum atomic E-state index is -0.752. The van der Waals surface area contributed by atoms with Gasteiger partial charge in [-0.05, 0) is 29.3 Å². The van der Waals surface area contributed by atoms with Crippen LogP contribution in [0.5, 0.6) is 11.5 Å². The number of nitro groups is 1. The molecule has 0 fully saturated rings. The topological polar surface area (TPSA) is 119 Å². The first-order chi connectivity index (χ1) is 11.9. The van der Waals surface area contributed by atoms with E-state index in [0.29, 0.717) is 11.1 Å². The average molecular weight is 340 g/mol. The minimum Gasteiger partial charge on any atom is -0.500 e. The second kappa shape index (κ2) is 6.08. The predicted octanol–water partition coefficient (Wildman–Crippen LogP) is 2.12. The van der Waals surface area contributed by atoms with Crippen LogP contribution < -0.4 is 10.1 Å². The lowest BCUT2D eigenvalue weighted by Gasteiger charge is -2.18. The number of hydrogen-bond donors (Lipinski definition) is 2. The molecule has 2 aromatic carbocycles. The monoisotopic (exact) mass is 340 g/mol. The molecule has 0 unspecified atom stereocenters. The summed E-state index contributed by atoms with van der Waals surface area (Å²) in [7, 11) is 1.26. The van der Waals surface area contributed by atoms with Gasteiger partial charge in [-0.25, -0.2) is 0 Å². The van der Waals surface area contributed by atoms with Gasteiger partial charge in [0.2, 0.25) is 5.75 Å². The summed E-state index contributed by atoms with van der Waals surface area (Å²) in [5, 5.41) is 23.1. The summed E-state index contributed by atoms with van der Waals surface area (Å²) in [6.45, 7) is 0. The Morgan fingerprint density at radius 2 is 1.84 bits per heavy atom. The van der Waals surface area contributed by atoms with E-state index in [-0.39, 0.29) is 16.9 Å². The highest BCUT2D eigenvalue weighted by Gasteiger charge is 2.27. The van der Waals surface area contributed by atoms with Gasteiger partial charge in [-0.1, -0.05) is 18.2 Å². The number of ether oxygens (including phenoxy) is 1. The second-order valence-corrected chi connectivity index (χ2v) is 5.23. The number of hydrogen-bond acceptors (Lipinski definition) is 6. The Balaban J connectivity index is 2.20. The van der Waals surface area contributed by atoms with Crippen molar-refractivity contribution < 1.29 is 24.4 Å². The number of amides is 2. The zero-order chi connectivity index (χ0) is 18.1. The maximum Gasteiger partial charge on any atom is 0.315 e. The number of methoxy groups -OCH3 is 1. The van der Waals surface area contributed by atoms with Gasteiger partial charge in [-0.3, -0.25) is 25.0 Å². The van der Waals surface area contributed by atoms with E-state index in [9.17, 15) is 24.8 Å². The van der Waals surface area contributed by atoms with Gasteiger partial charge in [-0.2, -0.15) is 0 Å². The molecule has 2 aromatic rings. The van der Waals surface area contributed by atoms with E-state index in [4.69, 9.17) is 4.74 Å². The molecule has 0 bridgehead atoms. The van der Waals surface area contributed by atoms with Gasteiger partial charge in [0.25, 0.3) is 11.8 Å². The lowest BCUT2D eigenvalue weighted by Crippen LogP contribution is -2.36. The van der Waals surface area contributed by atoms with Crippen LogP contribution in [-0.2, 0) is 4.79 Å². The Kier molecular flexibility index (Phi) is 3.94. The van der Waals surface area contributed by atoms with Crippen molar-refractivity contribution in [3.8, 4) is 11.5 Å². The average Bonchev–Trinajstić information content (AvgIpc) is 2.59. The van der Waals surface area contributed by atoms with Crippen molar-refractivity contribution in [2.24, 2.45) is 0 Å². The van der Waals surface area contributed by atoms with Gasteiger partial charge in [0.1, 0.15) is 0 Å². The van der Waals surface area contributed by atoms with E-state index in [1.54, 1.807) is 24.3 Å². The largest absolute Gasteiger partial charge is 0.500 e. The van der Waals surface area contributed by atoms with Crippen LogP contribution >= 0.6 is 0 Å². The molecular formula is C17H12N2O6. The minimum absolute atomic E-state index is 0.0957. The predicted molar refractivity (Wildman–Crippen MR) is 88.1 cm³/mol. The number of nitrogens with one attached hydrogen (secondary N) is 1. The fourth-order valence-electron chi connectivity index (χ4n) is 2.58. The van der Waals surface area contributed by atoms with Gasteiger partial charge in [0.05, 0.1) is 12.0 Å². The summed E-state index contributed by atoms with van der Waals surface area (Å²) in [5.74, 6) is -1.81. The highest BCUT2D eigenvalue weighted by Crippen LogP contribution is 2.38. The summed E-state index contributed by atoms with van der Waals surface area (Å²) < 4.78 is 4.94. The normalized spacial score (nSPS) is 14.8. The van der Waals surface area contributed by atoms with Crippen LogP contribution in [0, 0.1) is 10.1 Å². The molecular weight excluding hydrogens is 328 g/mol. The standard InChI is InChI=1S/C17H12N2O6/c1-25-14-8-9(7-13(15(14)20)19(23)24)6-12-10-4-2-3-5-11(10)16(21)18-17(12)22/h2-8,20H,1H3,(H,18,21,22)/b12-6+. The van der Waals surface area contributed by atoms with Crippen LogP contribution in [-0.4, -0.2) is 29.0 Å². The lowest BCUT2D eigenvalue weighted by molar-refractivity contribution is -0.386. The molecule has 0 atom stereocenters. The zero-order valence-electron chi connectivity index (χ0n) is 13.0. The molecule has 1 aliphatic heterocycles. The maximum atomic E-state index is 12.2. The summed E-state index contributed by atoms with van der Waals surface area (Å²) in [6, 6.07) is 9.02. The molecule has 2 amide bonds. The molecule has 8 heteroatoms. The number of aromatic hydroxyl groups is 1. The number of benzene rings is 2. The number of imide groups is 1. The molecule has 0 saturated heterocycles. The molecule has 0 spiro atoms. The van der Waals surface area contributed by atoms with Crippen LogP contribution in [0.4, 0.5) is 5.69 Å². The third kappa shape index (κ3) is 2.80. The molecule has 0 saturated carbocycles. The number of phenolic OH excluding ortho intramolecular Hbond substituents is 1. The summed E-state index contributed by atoms with van der Waals surface area (Å²) in [6.07, 6.45) is 1.40. The third-order valence-corrected chi connectivity index (χ3v) is 3.74. The lowest BCUT2D eigenvalue weighted by atomic mass is 9.93. The molecule has 1 aliphatic rings.